The molecule has 134 valence electrons. The maximum absolute atomic E-state index is 12.7. The number of fused-ring (bicyclic) bond motifs is 1. The van der Waals surface area contributed by atoms with Gasteiger partial charge in [0.2, 0.25) is 0 Å². The molecular weight excluding hydrogens is 441 g/mol. The predicted octanol–water partition coefficient (Wildman–Crippen LogP) is 4.03. The van der Waals surface area contributed by atoms with Crippen molar-refractivity contribution in [2.75, 3.05) is 32.6 Å². The highest BCUT2D eigenvalue weighted by atomic mass is 127. The molecule has 3 aromatic rings. The summed E-state index contributed by atoms with van der Waals surface area (Å²) in [5.41, 5.74) is 2.11. The van der Waals surface area contributed by atoms with Crippen molar-refractivity contribution in [1.29, 1.82) is 0 Å². The number of rotatable bonds is 6. The molecule has 0 fully saturated rings. The van der Waals surface area contributed by atoms with E-state index in [9.17, 15) is 4.79 Å². The first-order valence-electron chi connectivity index (χ1n) is 8.27. The molecule has 26 heavy (non-hydrogen) atoms. The summed E-state index contributed by atoms with van der Waals surface area (Å²) in [6.07, 6.45) is 1.65. The van der Waals surface area contributed by atoms with Gasteiger partial charge in [-0.2, -0.15) is 0 Å². The van der Waals surface area contributed by atoms with Gasteiger partial charge in [0.05, 0.1) is 14.7 Å². The van der Waals surface area contributed by atoms with E-state index in [2.05, 4.69) is 37.8 Å². The number of aromatic nitrogens is 1. The monoisotopic (exact) mass is 461 g/mol. The van der Waals surface area contributed by atoms with Crippen molar-refractivity contribution in [3.8, 4) is 5.75 Å². The van der Waals surface area contributed by atoms with Gasteiger partial charge in [-0.15, -0.1) is 0 Å². The van der Waals surface area contributed by atoms with Crippen molar-refractivity contribution in [3.05, 3.63) is 63.9 Å². The number of amides is 1. The Kier molecular flexibility index (Phi) is 6.05. The van der Waals surface area contributed by atoms with E-state index in [1.807, 2.05) is 56.6 Å². The van der Waals surface area contributed by atoms with E-state index >= 15 is 0 Å². The Morgan fingerprint density at radius 2 is 2.00 bits per heavy atom. The Bertz CT molecular complexity index is 923. The molecule has 1 N–H and O–H groups in total. The van der Waals surface area contributed by atoms with Crippen molar-refractivity contribution in [2.45, 2.75) is 0 Å². The number of hydrogen-bond acceptors (Lipinski definition) is 4. The van der Waals surface area contributed by atoms with Gasteiger partial charge in [0, 0.05) is 29.9 Å². The number of pyridine rings is 1. The fourth-order valence-corrected chi connectivity index (χ4v) is 3.01. The quantitative estimate of drug-likeness (QED) is 0.564. The Morgan fingerprint density at radius 1 is 1.19 bits per heavy atom. The third-order valence-corrected chi connectivity index (χ3v) is 4.77. The average Bonchev–Trinajstić information content (AvgIpc) is 2.63. The minimum atomic E-state index is -0.163. The van der Waals surface area contributed by atoms with Crippen LogP contribution in [-0.2, 0) is 0 Å². The molecule has 0 aliphatic rings. The van der Waals surface area contributed by atoms with Crippen LogP contribution >= 0.6 is 22.6 Å². The molecule has 1 aromatic heterocycles. The van der Waals surface area contributed by atoms with Gasteiger partial charge in [-0.25, -0.2) is 0 Å². The summed E-state index contributed by atoms with van der Waals surface area (Å²) in [5.74, 6) is 0.605. The highest BCUT2D eigenvalue weighted by molar-refractivity contribution is 14.1. The Balaban J connectivity index is 1.78. The molecule has 2 aromatic carbocycles. The van der Waals surface area contributed by atoms with Gasteiger partial charge >= 0.3 is 0 Å². The zero-order valence-corrected chi connectivity index (χ0v) is 16.9. The first-order valence-corrected chi connectivity index (χ1v) is 9.34. The highest BCUT2D eigenvalue weighted by Gasteiger charge is 2.12. The van der Waals surface area contributed by atoms with Crippen LogP contribution in [0.25, 0.3) is 10.9 Å². The van der Waals surface area contributed by atoms with Crippen LogP contribution in [0.4, 0.5) is 5.69 Å². The van der Waals surface area contributed by atoms with E-state index in [0.29, 0.717) is 17.9 Å². The standard InChI is InChI=1S/C20H20IN3O2/c1-24(2)11-12-26-19-13-14(7-8-17(19)21)23-20(25)16-9-10-22-18-6-4-3-5-15(16)18/h3-10,13H,11-12H2,1-2H3,(H,23,25). The zero-order valence-electron chi connectivity index (χ0n) is 14.7. The minimum Gasteiger partial charge on any atom is -0.491 e. The van der Waals surface area contributed by atoms with Crippen LogP contribution in [0.3, 0.4) is 0 Å². The topological polar surface area (TPSA) is 54.5 Å². The van der Waals surface area contributed by atoms with E-state index in [1.165, 1.54) is 0 Å². The van der Waals surface area contributed by atoms with E-state index in [0.717, 1.165) is 26.8 Å². The Morgan fingerprint density at radius 3 is 2.81 bits per heavy atom. The van der Waals surface area contributed by atoms with Crippen molar-refractivity contribution in [2.24, 2.45) is 0 Å². The van der Waals surface area contributed by atoms with Gasteiger partial charge in [0.1, 0.15) is 12.4 Å². The van der Waals surface area contributed by atoms with Gasteiger partial charge in [0.15, 0.2) is 0 Å². The number of likely N-dealkylation sites (N-methyl/N-ethyl adjacent to an activating group) is 1. The predicted molar refractivity (Wildman–Crippen MR) is 113 cm³/mol. The minimum absolute atomic E-state index is 0.163. The number of halogens is 1. The number of nitrogens with one attached hydrogen (secondary N) is 1. The van der Waals surface area contributed by atoms with Crippen LogP contribution in [0.1, 0.15) is 10.4 Å². The van der Waals surface area contributed by atoms with Crippen LogP contribution < -0.4 is 10.1 Å². The van der Waals surface area contributed by atoms with Crippen LogP contribution in [0.15, 0.2) is 54.7 Å². The number of benzene rings is 2. The molecule has 6 heteroatoms. The Hall–Kier alpha value is -2.19. The summed E-state index contributed by atoms with van der Waals surface area (Å²) in [6, 6.07) is 15.0. The van der Waals surface area contributed by atoms with E-state index < -0.39 is 0 Å². The van der Waals surface area contributed by atoms with Crippen LogP contribution in [0.2, 0.25) is 0 Å². The summed E-state index contributed by atoms with van der Waals surface area (Å²) in [7, 11) is 4.01. The molecule has 1 amide bonds. The van der Waals surface area contributed by atoms with Crippen molar-refractivity contribution < 1.29 is 9.53 Å². The van der Waals surface area contributed by atoms with Crippen molar-refractivity contribution in [1.82, 2.24) is 9.88 Å². The summed E-state index contributed by atoms with van der Waals surface area (Å²) < 4.78 is 6.84. The molecule has 0 atom stereocenters. The second-order valence-corrected chi connectivity index (χ2v) is 7.29. The maximum atomic E-state index is 12.7. The van der Waals surface area contributed by atoms with Crippen molar-refractivity contribution in [3.63, 3.8) is 0 Å². The summed E-state index contributed by atoms with van der Waals surface area (Å²) in [4.78, 5) is 19.1. The fourth-order valence-electron chi connectivity index (χ4n) is 2.52. The molecule has 5 nitrogen and oxygen atoms in total. The maximum Gasteiger partial charge on any atom is 0.256 e. The number of ether oxygens (including phenoxy) is 1. The molecule has 0 saturated carbocycles. The van der Waals surface area contributed by atoms with Crippen LogP contribution in [0.5, 0.6) is 5.75 Å². The molecular formula is C20H20IN3O2. The second-order valence-electron chi connectivity index (χ2n) is 6.13. The summed E-state index contributed by atoms with van der Waals surface area (Å²) in [5, 5.41) is 3.79. The number of hydrogen-bond donors (Lipinski definition) is 1. The van der Waals surface area contributed by atoms with Gasteiger partial charge in [-0.05, 0) is 61.0 Å². The molecule has 0 radical (unpaired) electrons. The molecule has 0 aliphatic carbocycles. The molecule has 0 bridgehead atoms. The van der Waals surface area contributed by atoms with Gasteiger partial charge < -0.3 is 15.0 Å². The lowest BCUT2D eigenvalue weighted by Crippen LogP contribution is -2.19. The first-order chi connectivity index (χ1) is 12.5. The number of para-hydroxylation sites is 1. The third-order valence-electron chi connectivity index (χ3n) is 3.88. The zero-order chi connectivity index (χ0) is 18.5. The number of carbonyl (C=O) groups excluding carboxylic acids is 1. The third kappa shape index (κ3) is 4.50. The SMILES string of the molecule is CN(C)CCOc1cc(NC(=O)c2ccnc3ccccc23)ccc1I. The molecule has 3 rings (SSSR count). The van der Waals surface area contributed by atoms with Gasteiger partial charge in [-0.1, -0.05) is 18.2 Å². The lowest BCUT2D eigenvalue weighted by molar-refractivity contribution is 0.102. The average molecular weight is 461 g/mol. The first kappa shape index (κ1) is 18.6. The highest BCUT2D eigenvalue weighted by Crippen LogP contribution is 2.26. The largest absolute Gasteiger partial charge is 0.491 e. The van der Waals surface area contributed by atoms with Crippen molar-refractivity contribution >= 4 is 45.1 Å². The fraction of sp³-hybridized carbons (Fsp3) is 0.200. The summed E-state index contributed by atoms with van der Waals surface area (Å²) >= 11 is 2.23. The smallest absolute Gasteiger partial charge is 0.256 e. The molecule has 0 spiro atoms. The van der Waals surface area contributed by atoms with Crippen LogP contribution in [-0.4, -0.2) is 43.0 Å². The van der Waals surface area contributed by atoms with Gasteiger partial charge in [0.25, 0.3) is 5.91 Å². The normalized spacial score (nSPS) is 10.9. The lowest BCUT2D eigenvalue weighted by atomic mass is 10.1. The number of anilines is 1. The number of nitrogens with zero attached hydrogens (tertiary/aromatic N) is 2. The molecule has 1 heterocycles. The molecule has 0 aliphatic heterocycles. The van der Waals surface area contributed by atoms with E-state index in [1.54, 1.807) is 12.3 Å². The molecule has 0 unspecified atom stereocenters. The number of carbonyl (C=O) groups is 1. The second kappa shape index (κ2) is 8.46. The van der Waals surface area contributed by atoms with Gasteiger partial charge in [-0.3, -0.25) is 9.78 Å². The Labute approximate surface area is 166 Å². The lowest BCUT2D eigenvalue weighted by Gasteiger charge is -2.14. The van der Waals surface area contributed by atoms with E-state index in [-0.39, 0.29) is 5.91 Å². The van der Waals surface area contributed by atoms with Crippen LogP contribution in [0, 0.1) is 3.57 Å². The van der Waals surface area contributed by atoms with E-state index in [4.69, 9.17) is 4.74 Å². The summed E-state index contributed by atoms with van der Waals surface area (Å²) in [6.45, 7) is 1.42. The molecule has 0 saturated heterocycles.